The number of hydrogen-bond acceptors (Lipinski definition) is 3. The normalized spacial score (nSPS) is 12.3. The van der Waals surface area contributed by atoms with E-state index >= 15 is 0 Å². The number of fused-ring (bicyclic) bond motifs is 1. The van der Waals surface area contributed by atoms with Crippen LogP contribution in [0, 0.1) is 0 Å². The van der Waals surface area contributed by atoms with Crippen LogP contribution >= 0.6 is 22.9 Å². The molecule has 128 valence electrons. The van der Waals surface area contributed by atoms with Gasteiger partial charge in [0.05, 0.1) is 16.8 Å². The molecule has 0 spiro atoms. The van der Waals surface area contributed by atoms with E-state index in [4.69, 9.17) is 16.3 Å². The van der Waals surface area contributed by atoms with Crippen LogP contribution in [0.3, 0.4) is 0 Å². The first kappa shape index (κ1) is 17.6. The van der Waals surface area contributed by atoms with Crippen LogP contribution < -0.4 is 4.80 Å². The molecule has 0 N–H and O–H groups in total. The van der Waals surface area contributed by atoms with Crippen molar-refractivity contribution in [1.29, 1.82) is 0 Å². The fraction of sp³-hybridized carbons (Fsp3) is 0.158. The predicted octanol–water partition coefficient (Wildman–Crippen LogP) is 4.14. The summed E-state index contributed by atoms with van der Waals surface area (Å²) < 4.78 is 8.26. The van der Waals surface area contributed by atoms with Gasteiger partial charge in [-0.05, 0) is 29.8 Å². The zero-order valence-corrected chi connectivity index (χ0v) is 15.3. The van der Waals surface area contributed by atoms with Gasteiger partial charge in [0, 0.05) is 24.8 Å². The zero-order chi connectivity index (χ0) is 17.6. The maximum atomic E-state index is 12.3. The van der Waals surface area contributed by atoms with Crippen LogP contribution in [0.25, 0.3) is 16.3 Å². The standard InChI is InChI=1S/C19H17ClN2O2S/c1-24-13-12-22-16-8-4-5-9-17(16)25-19(22)21-18(23)11-10-14-6-2-3-7-15(14)20/h2-11H,12-13H2,1H3. The van der Waals surface area contributed by atoms with E-state index < -0.39 is 0 Å². The Morgan fingerprint density at radius 1 is 1.24 bits per heavy atom. The number of methoxy groups -OCH3 is 1. The van der Waals surface area contributed by atoms with Gasteiger partial charge in [0.1, 0.15) is 0 Å². The summed E-state index contributed by atoms with van der Waals surface area (Å²) in [6.45, 7) is 1.19. The molecule has 0 saturated heterocycles. The van der Waals surface area contributed by atoms with Crippen LogP contribution in [0.4, 0.5) is 0 Å². The number of amides is 1. The van der Waals surface area contributed by atoms with E-state index in [9.17, 15) is 4.79 Å². The van der Waals surface area contributed by atoms with Crippen LogP contribution in [0.1, 0.15) is 5.56 Å². The fourth-order valence-electron chi connectivity index (χ4n) is 2.41. The molecule has 3 rings (SSSR count). The number of nitrogens with zero attached hydrogens (tertiary/aromatic N) is 2. The third-order valence-electron chi connectivity index (χ3n) is 3.62. The highest BCUT2D eigenvalue weighted by molar-refractivity contribution is 7.16. The van der Waals surface area contributed by atoms with Gasteiger partial charge in [-0.25, -0.2) is 0 Å². The van der Waals surface area contributed by atoms with E-state index in [1.165, 1.54) is 17.4 Å². The number of rotatable bonds is 5. The molecule has 0 saturated carbocycles. The summed E-state index contributed by atoms with van der Waals surface area (Å²) in [6.07, 6.45) is 3.12. The molecule has 0 fully saturated rings. The van der Waals surface area contributed by atoms with Gasteiger partial charge in [-0.3, -0.25) is 4.79 Å². The number of ether oxygens (including phenoxy) is 1. The van der Waals surface area contributed by atoms with Gasteiger partial charge in [0.2, 0.25) is 0 Å². The quantitative estimate of drug-likeness (QED) is 0.631. The highest BCUT2D eigenvalue weighted by Crippen LogP contribution is 2.17. The summed E-state index contributed by atoms with van der Waals surface area (Å²) in [5.41, 5.74) is 1.84. The molecule has 6 heteroatoms. The van der Waals surface area contributed by atoms with Gasteiger partial charge in [0.25, 0.3) is 5.91 Å². The van der Waals surface area contributed by atoms with Crippen LogP contribution in [-0.4, -0.2) is 24.2 Å². The second-order valence-corrected chi connectivity index (χ2v) is 6.72. The van der Waals surface area contributed by atoms with Crippen LogP contribution in [0.2, 0.25) is 5.02 Å². The summed E-state index contributed by atoms with van der Waals surface area (Å²) in [4.78, 5) is 17.2. The number of carbonyl (C=O) groups excluding carboxylic acids is 1. The molecular formula is C19H17ClN2O2S. The molecule has 3 aromatic rings. The molecule has 0 aliphatic carbocycles. The van der Waals surface area contributed by atoms with E-state index in [-0.39, 0.29) is 5.91 Å². The third kappa shape index (κ3) is 4.25. The van der Waals surface area contributed by atoms with E-state index in [1.807, 2.05) is 47.0 Å². The average molecular weight is 373 g/mol. The molecule has 1 aromatic heterocycles. The summed E-state index contributed by atoms with van der Waals surface area (Å²) in [7, 11) is 1.66. The Morgan fingerprint density at radius 3 is 2.80 bits per heavy atom. The smallest absolute Gasteiger partial charge is 0.272 e. The first-order valence-electron chi connectivity index (χ1n) is 7.77. The van der Waals surface area contributed by atoms with Crippen molar-refractivity contribution in [2.45, 2.75) is 6.54 Å². The third-order valence-corrected chi connectivity index (χ3v) is 5.03. The van der Waals surface area contributed by atoms with Crippen molar-refractivity contribution < 1.29 is 9.53 Å². The number of aromatic nitrogens is 1. The number of benzene rings is 2. The van der Waals surface area contributed by atoms with E-state index in [0.29, 0.717) is 23.0 Å². The molecule has 0 atom stereocenters. The summed E-state index contributed by atoms with van der Waals surface area (Å²) in [5.74, 6) is -0.322. The van der Waals surface area contributed by atoms with Crippen molar-refractivity contribution >= 4 is 45.1 Å². The molecule has 25 heavy (non-hydrogen) atoms. The fourth-order valence-corrected chi connectivity index (χ4v) is 3.67. The molecule has 0 aliphatic heterocycles. The van der Waals surface area contributed by atoms with E-state index in [0.717, 1.165) is 15.8 Å². The highest BCUT2D eigenvalue weighted by Gasteiger charge is 2.06. The Hall–Kier alpha value is -2.21. The SMILES string of the molecule is COCCn1c(=NC(=O)C=Cc2ccccc2Cl)sc2ccccc21. The number of carbonyl (C=O) groups is 1. The lowest BCUT2D eigenvalue weighted by Crippen LogP contribution is -2.18. The Bertz CT molecular complexity index is 988. The number of hydrogen-bond donors (Lipinski definition) is 0. The summed E-state index contributed by atoms with van der Waals surface area (Å²) >= 11 is 7.58. The molecule has 1 amide bonds. The minimum absolute atomic E-state index is 0.322. The lowest BCUT2D eigenvalue weighted by molar-refractivity contribution is -0.113. The minimum Gasteiger partial charge on any atom is -0.383 e. The van der Waals surface area contributed by atoms with Crippen molar-refractivity contribution in [3.63, 3.8) is 0 Å². The summed E-state index contributed by atoms with van der Waals surface area (Å²) in [6, 6.07) is 15.3. The average Bonchev–Trinajstić information content (AvgIpc) is 2.96. The van der Waals surface area contributed by atoms with Crippen LogP contribution in [0.15, 0.2) is 59.6 Å². The molecule has 0 bridgehead atoms. The molecule has 1 heterocycles. The van der Waals surface area contributed by atoms with Gasteiger partial charge in [-0.1, -0.05) is 53.3 Å². The van der Waals surface area contributed by atoms with Gasteiger partial charge < -0.3 is 9.30 Å². The lowest BCUT2D eigenvalue weighted by Gasteiger charge is -2.03. The van der Waals surface area contributed by atoms with Crippen molar-refractivity contribution in [2.24, 2.45) is 4.99 Å². The zero-order valence-electron chi connectivity index (χ0n) is 13.7. The molecule has 4 nitrogen and oxygen atoms in total. The minimum atomic E-state index is -0.322. The first-order valence-corrected chi connectivity index (χ1v) is 8.97. The number of para-hydroxylation sites is 1. The van der Waals surface area contributed by atoms with Crippen molar-refractivity contribution in [3.05, 3.63) is 70.0 Å². The largest absolute Gasteiger partial charge is 0.383 e. The number of halogens is 1. The first-order chi connectivity index (χ1) is 12.2. The van der Waals surface area contributed by atoms with Crippen LogP contribution in [0.5, 0.6) is 0 Å². The van der Waals surface area contributed by atoms with E-state index in [2.05, 4.69) is 4.99 Å². The van der Waals surface area contributed by atoms with Crippen LogP contribution in [-0.2, 0) is 16.1 Å². The lowest BCUT2D eigenvalue weighted by atomic mass is 10.2. The Kier molecular flexibility index (Phi) is 5.81. The van der Waals surface area contributed by atoms with Crippen molar-refractivity contribution in [1.82, 2.24) is 4.57 Å². The van der Waals surface area contributed by atoms with Gasteiger partial charge in [-0.2, -0.15) is 4.99 Å². The summed E-state index contributed by atoms with van der Waals surface area (Å²) in [5, 5.41) is 0.601. The Morgan fingerprint density at radius 2 is 2.00 bits per heavy atom. The predicted molar refractivity (Wildman–Crippen MR) is 103 cm³/mol. The Labute approximate surface area is 154 Å². The molecule has 0 unspecified atom stereocenters. The monoisotopic (exact) mass is 372 g/mol. The van der Waals surface area contributed by atoms with E-state index in [1.54, 1.807) is 19.3 Å². The molecular weight excluding hydrogens is 356 g/mol. The van der Waals surface area contributed by atoms with Crippen molar-refractivity contribution in [3.8, 4) is 0 Å². The second-order valence-electron chi connectivity index (χ2n) is 5.30. The molecule has 2 aromatic carbocycles. The molecule has 0 radical (unpaired) electrons. The topological polar surface area (TPSA) is 43.6 Å². The highest BCUT2D eigenvalue weighted by atomic mass is 35.5. The number of thiazole rings is 1. The van der Waals surface area contributed by atoms with Crippen molar-refractivity contribution in [2.75, 3.05) is 13.7 Å². The van der Waals surface area contributed by atoms with Gasteiger partial charge in [-0.15, -0.1) is 0 Å². The maximum Gasteiger partial charge on any atom is 0.272 e. The van der Waals surface area contributed by atoms with Gasteiger partial charge in [0.15, 0.2) is 4.80 Å². The second kappa shape index (κ2) is 8.25. The molecule has 0 aliphatic rings. The van der Waals surface area contributed by atoms with Gasteiger partial charge >= 0.3 is 0 Å². The Balaban J connectivity index is 1.94. The maximum absolute atomic E-state index is 12.3.